The van der Waals surface area contributed by atoms with E-state index in [-0.39, 0.29) is 29.7 Å². The third kappa shape index (κ3) is 6.45. The first-order valence-corrected chi connectivity index (χ1v) is 11.2. The molecule has 1 N–H and O–H groups in total. The van der Waals surface area contributed by atoms with Gasteiger partial charge in [-0.1, -0.05) is 17.7 Å². The molecule has 11 heteroatoms. The number of rotatable bonds is 6. The quantitative estimate of drug-likeness (QED) is 0.675. The Bertz CT molecular complexity index is 869. The van der Waals surface area contributed by atoms with E-state index in [4.69, 9.17) is 11.6 Å². The molecule has 1 fully saturated rings. The van der Waals surface area contributed by atoms with Gasteiger partial charge in [-0.25, -0.2) is 13.4 Å². The summed E-state index contributed by atoms with van der Waals surface area (Å²) in [4.78, 5) is 9.35. The van der Waals surface area contributed by atoms with Crippen molar-refractivity contribution in [2.75, 3.05) is 44.5 Å². The van der Waals surface area contributed by atoms with Crippen LogP contribution in [0.15, 0.2) is 28.5 Å². The largest absolute Gasteiger partial charge is 0.304 e. The van der Waals surface area contributed by atoms with Crippen molar-refractivity contribution in [1.82, 2.24) is 14.8 Å². The topological polar surface area (TPSA) is 65.5 Å². The molecule has 28 heavy (non-hydrogen) atoms. The average Bonchev–Trinajstić information content (AvgIpc) is 3.03. The molecule has 1 aliphatic heterocycles. The SMILES string of the molecule is Cc1c(Cl)cccc1S(=O)(=O)Nc1nc(CCN2CCN(C)CC2)cs1.Cl.Cl. The standard InChI is InChI=1S/C17H23ClN4O2S2.2ClH/c1-13-15(18)4-3-5-16(13)26(23,24)20-17-19-14(12-25-17)6-7-22-10-8-21(2)9-11-22;;/h3-5,12H,6-11H2,1-2H3,(H,19,20);2*1H. The molecule has 0 amide bonds. The van der Waals surface area contributed by atoms with Crippen molar-refractivity contribution in [2.24, 2.45) is 0 Å². The molecule has 0 aliphatic carbocycles. The first kappa shape index (κ1) is 25.4. The molecule has 0 unspecified atom stereocenters. The van der Waals surface area contributed by atoms with Crippen LogP contribution in [0.3, 0.4) is 0 Å². The monoisotopic (exact) mass is 486 g/mol. The normalized spacial score (nSPS) is 15.5. The molecule has 2 aromatic rings. The van der Waals surface area contributed by atoms with E-state index in [1.165, 1.54) is 11.3 Å². The molecule has 6 nitrogen and oxygen atoms in total. The van der Waals surface area contributed by atoms with Gasteiger partial charge in [0.2, 0.25) is 0 Å². The summed E-state index contributed by atoms with van der Waals surface area (Å²) in [5.41, 5.74) is 1.45. The molecule has 1 aliphatic rings. The lowest BCUT2D eigenvalue weighted by atomic mass is 10.2. The molecule has 0 spiro atoms. The molecule has 0 radical (unpaired) electrons. The minimum atomic E-state index is -3.70. The van der Waals surface area contributed by atoms with E-state index < -0.39 is 10.0 Å². The maximum Gasteiger partial charge on any atom is 0.263 e. The summed E-state index contributed by atoms with van der Waals surface area (Å²) in [7, 11) is -1.56. The van der Waals surface area contributed by atoms with Crippen LogP contribution in [0, 0.1) is 6.92 Å². The van der Waals surface area contributed by atoms with E-state index in [2.05, 4.69) is 26.6 Å². The molecular formula is C17H25Cl3N4O2S2. The van der Waals surface area contributed by atoms with Gasteiger partial charge in [0.1, 0.15) is 0 Å². The van der Waals surface area contributed by atoms with Crippen molar-refractivity contribution in [2.45, 2.75) is 18.2 Å². The summed E-state index contributed by atoms with van der Waals surface area (Å²) in [5, 5.41) is 2.73. The van der Waals surface area contributed by atoms with Crippen molar-refractivity contribution in [1.29, 1.82) is 0 Å². The highest BCUT2D eigenvalue weighted by Crippen LogP contribution is 2.26. The molecule has 0 atom stereocenters. The van der Waals surface area contributed by atoms with Gasteiger partial charge in [0.15, 0.2) is 5.13 Å². The number of halogens is 3. The van der Waals surface area contributed by atoms with Crippen LogP contribution >= 0.6 is 47.8 Å². The number of thiazole rings is 1. The van der Waals surface area contributed by atoms with Crippen molar-refractivity contribution < 1.29 is 8.42 Å². The maximum atomic E-state index is 12.6. The van der Waals surface area contributed by atoms with E-state index in [0.29, 0.717) is 15.7 Å². The number of sulfonamides is 1. The Labute approximate surface area is 188 Å². The van der Waals surface area contributed by atoms with Crippen molar-refractivity contribution in [3.05, 3.63) is 39.9 Å². The molecule has 0 bridgehead atoms. The van der Waals surface area contributed by atoms with Crippen LogP contribution in [0.5, 0.6) is 0 Å². The number of benzene rings is 1. The van der Waals surface area contributed by atoms with E-state index in [0.717, 1.165) is 44.8 Å². The fourth-order valence-corrected chi connectivity index (χ4v) is 5.36. The zero-order chi connectivity index (χ0) is 18.7. The van der Waals surface area contributed by atoms with Crippen LogP contribution in [0.2, 0.25) is 5.02 Å². The van der Waals surface area contributed by atoms with Gasteiger partial charge in [-0.15, -0.1) is 36.2 Å². The van der Waals surface area contributed by atoms with Gasteiger partial charge < -0.3 is 9.80 Å². The van der Waals surface area contributed by atoms with Crippen LogP contribution in [0.1, 0.15) is 11.3 Å². The van der Waals surface area contributed by atoms with Gasteiger partial charge in [-0.2, -0.15) is 0 Å². The number of hydrogen-bond donors (Lipinski definition) is 1. The predicted molar refractivity (Wildman–Crippen MR) is 121 cm³/mol. The summed E-state index contributed by atoms with van der Waals surface area (Å²) in [6.07, 6.45) is 0.818. The summed E-state index contributed by atoms with van der Waals surface area (Å²) in [6, 6.07) is 4.86. The van der Waals surface area contributed by atoms with E-state index in [1.807, 2.05) is 5.38 Å². The van der Waals surface area contributed by atoms with Gasteiger partial charge >= 0.3 is 0 Å². The van der Waals surface area contributed by atoms with Gasteiger partial charge in [-0.05, 0) is 31.7 Å². The molecule has 158 valence electrons. The van der Waals surface area contributed by atoms with Crippen molar-refractivity contribution in [3.63, 3.8) is 0 Å². The van der Waals surface area contributed by atoms with Crippen LogP contribution in [0.25, 0.3) is 0 Å². The smallest absolute Gasteiger partial charge is 0.263 e. The van der Waals surface area contributed by atoms with Crippen LogP contribution in [-0.2, 0) is 16.4 Å². The molecule has 2 heterocycles. The molecule has 0 saturated carbocycles. The second kappa shape index (κ2) is 11.0. The van der Waals surface area contributed by atoms with Gasteiger partial charge in [0.25, 0.3) is 10.0 Å². The Morgan fingerprint density at radius 2 is 1.89 bits per heavy atom. The van der Waals surface area contributed by atoms with E-state index in [9.17, 15) is 8.42 Å². The first-order chi connectivity index (χ1) is 12.3. The van der Waals surface area contributed by atoms with E-state index in [1.54, 1.807) is 25.1 Å². The van der Waals surface area contributed by atoms with Crippen LogP contribution in [-0.4, -0.2) is 63.0 Å². The molecule has 1 aromatic heterocycles. The van der Waals surface area contributed by atoms with Crippen molar-refractivity contribution >= 4 is 62.9 Å². The highest BCUT2D eigenvalue weighted by Gasteiger charge is 2.20. The second-order valence-corrected chi connectivity index (χ2v) is 9.42. The number of hydrogen-bond acceptors (Lipinski definition) is 6. The predicted octanol–water partition coefficient (Wildman–Crippen LogP) is 3.54. The Morgan fingerprint density at radius 1 is 1.21 bits per heavy atom. The average molecular weight is 488 g/mol. The number of anilines is 1. The minimum Gasteiger partial charge on any atom is -0.304 e. The molecular weight excluding hydrogens is 463 g/mol. The number of likely N-dealkylation sites (N-methyl/N-ethyl adjacent to an activating group) is 1. The lowest BCUT2D eigenvalue weighted by Crippen LogP contribution is -2.45. The zero-order valence-corrected chi connectivity index (χ0v) is 19.7. The van der Waals surface area contributed by atoms with Crippen LogP contribution in [0.4, 0.5) is 5.13 Å². The van der Waals surface area contributed by atoms with E-state index >= 15 is 0 Å². The number of aromatic nitrogens is 1. The summed E-state index contributed by atoms with van der Waals surface area (Å²) in [6.45, 7) is 6.93. The summed E-state index contributed by atoms with van der Waals surface area (Å²) in [5.74, 6) is 0. The van der Waals surface area contributed by atoms with Crippen LogP contribution < -0.4 is 4.72 Å². The van der Waals surface area contributed by atoms with Gasteiger partial charge in [-0.3, -0.25) is 4.72 Å². The highest BCUT2D eigenvalue weighted by molar-refractivity contribution is 7.93. The van der Waals surface area contributed by atoms with Gasteiger partial charge in [0.05, 0.1) is 10.6 Å². The Hall–Kier alpha value is -0.610. The Kier molecular flexibility index (Phi) is 9.96. The number of nitrogens with zero attached hydrogens (tertiary/aromatic N) is 3. The second-order valence-electron chi connectivity index (χ2n) is 6.51. The van der Waals surface area contributed by atoms with Gasteiger partial charge in [0, 0.05) is 49.5 Å². The summed E-state index contributed by atoms with van der Waals surface area (Å²) < 4.78 is 27.8. The fraction of sp³-hybridized carbons (Fsp3) is 0.471. The fourth-order valence-electron chi connectivity index (χ4n) is 2.86. The number of piperazine rings is 1. The molecule has 1 saturated heterocycles. The lowest BCUT2D eigenvalue weighted by molar-refractivity contribution is 0.155. The summed E-state index contributed by atoms with van der Waals surface area (Å²) >= 11 is 7.35. The third-order valence-electron chi connectivity index (χ3n) is 4.56. The Morgan fingerprint density at radius 3 is 2.57 bits per heavy atom. The zero-order valence-electron chi connectivity index (χ0n) is 15.7. The molecule has 3 rings (SSSR count). The van der Waals surface area contributed by atoms with Crippen molar-refractivity contribution in [3.8, 4) is 0 Å². The Balaban J connectivity index is 0.00000196. The first-order valence-electron chi connectivity index (χ1n) is 8.48. The molecule has 1 aromatic carbocycles. The minimum absolute atomic E-state index is 0. The highest BCUT2D eigenvalue weighted by atomic mass is 35.5. The number of nitrogens with one attached hydrogen (secondary N) is 1. The third-order valence-corrected chi connectivity index (χ3v) is 7.39. The maximum absolute atomic E-state index is 12.6. The lowest BCUT2D eigenvalue weighted by Gasteiger charge is -2.32.